The average Bonchev–Trinajstić information content (AvgIpc) is 2.83. The Morgan fingerprint density at radius 2 is 1.75 bits per heavy atom. The summed E-state index contributed by atoms with van der Waals surface area (Å²) in [7, 11) is 0. The molecule has 1 aromatic heterocycles. The molecule has 0 bridgehead atoms. The predicted octanol–water partition coefficient (Wildman–Crippen LogP) is 5.69. The van der Waals surface area contributed by atoms with E-state index in [0.717, 1.165) is 17.4 Å². The Morgan fingerprint density at radius 3 is 2.50 bits per heavy atom. The Bertz CT molecular complexity index is 832. The Hall–Kier alpha value is -1.30. The van der Waals surface area contributed by atoms with Gasteiger partial charge in [-0.2, -0.15) is 0 Å². The van der Waals surface area contributed by atoms with Gasteiger partial charge < -0.3 is 0 Å². The number of nitrogens with zero attached hydrogens (tertiary/aromatic N) is 1. The van der Waals surface area contributed by atoms with Crippen molar-refractivity contribution in [2.24, 2.45) is 0 Å². The first kappa shape index (κ1) is 13.7. The van der Waals surface area contributed by atoms with Crippen LogP contribution in [0.25, 0.3) is 20.8 Å². The number of halogens is 5. The monoisotopic (exact) mass is 333 g/mol. The molecule has 0 radical (unpaired) electrons. The zero-order valence-corrected chi connectivity index (χ0v) is 11.9. The van der Waals surface area contributed by atoms with Crippen molar-refractivity contribution in [1.82, 2.24) is 4.98 Å². The lowest BCUT2D eigenvalue weighted by Crippen LogP contribution is -1.93. The van der Waals surface area contributed by atoms with Gasteiger partial charge in [0.2, 0.25) is 0 Å². The highest BCUT2D eigenvalue weighted by Gasteiger charge is 2.20. The van der Waals surface area contributed by atoms with Crippen LogP contribution in [0.4, 0.5) is 13.2 Å². The molecule has 1 nitrogen and oxygen atoms in total. The molecule has 0 unspecified atom stereocenters. The van der Waals surface area contributed by atoms with Gasteiger partial charge in [-0.3, -0.25) is 0 Å². The number of aromatic nitrogens is 1. The van der Waals surface area contributed by atoms with Gasteiger partial charge in [0.05, 0.1) is 15.8 Å². The molecular formula is C13H4Cl2F3NS. The van der Waals surface area contributed by atoms with Crippen molar-refractivity contribution in [1.29, 1.82) is 0 Å². The minimum Gasteiger partial charge on any atom is -0.236 e. The highest BCUT2D eigenvalue weighted by Crippen LogP contribution is 2.36. The summed E-state index contributed by atoms with van der Waals surface area (Å²) < 4.78 is 41.2. The van der Waals surface area contributed by atoms with Crippen molar-refractivity contribution in [2.75, 3.05) is 0 Å². The van der Waals surface area contributed by atoms with Crippen LogP contribution in [0.5, 0.6) is 0 Å². The van der Waals surface area contributed by atoms with Crippen LogP contribution >= 0.6 is 34.5 Å². The number of thiazole rings is 1. The van der Waals surface area contributed by atoms with Crippen LogP contribution < -0.4 is 0 Å². The van der Waals surface area contributed by atoms with Crippen molar-refractivity contribution in [3.05, 3.63) is 51.8 Å². The molecule has 20 heavy (non-hydrogen) atoms. The van der Waals surface area contributed by atoms with Crippen LogP contribution in [0.15, 0.2) is 24.3 Å². The second-order valence-corrected chi connectivity index (χ2v) is 5.82. The van der Waals surface area contributed by atoms with Gasteiger partial charge in [0.1, 0.15) is 10.0 Å². The lowest BCUT2D eigenvalue weighted by atomic mass is 10.2. The van der Waals surface area contributed by atoms with E-state index in [4.69, 9.17) is 23.2 Å². The van der Waals surface area contributed by atoms with Gasteiger partial charge in [0, 0.05) is 5.02 Å². The van der Waals surface area contributed by atoms with E-state index in [1.54, 1.807) is 18.2 Å². The van der Waals surface area contributed by atoms with E-state index >= 15 is 0 Å². The second kappa shape index (κ2) is 4.91. The molecule has 0 aliphatic heterocycles. The summed E-state index contributed by atoms with van der Waals surface area (Å²) in [5.74, 6) is -3.66. The maximum Gasteiger partial charge on any atom is 0.180 e. The van der Waals surface area contributed by atoms with Crippen molar-refractivity contribution in [3.8, 4) is 10.6 Å². The fourth-order valence-electron chi connectivity index (χ4n) is 1.74. The topological polar surface area (TPSA) is 12.9 Å². The zero-order valence-electron chi connectivity index (χ0n) is 9.55. The van der Waals surface area contributed by atoms with Crippen LogP contribution in [-0.2, 0) is 0 Å². The molecule has 0 amide bonds. The number of rotatable bonds is 1. The van der Waals surface area contributed by atoms with Gasteiger partial charge in [-0.1, -0.05) is 23.2 Å². The molecule has 7 heteroatoms. The summed E-state index contributed by atoms with van der Waals surface area (Å²) >= 11 is 12.4. The molecule has 0 aliphatic rings. The first-order valence-electron chi connectivity index (χ1n) is 5.37. The summed E-state index contributed by atoms with van der Waals surface area (Å²) in [6, 6.07) is 5.71. The molecule has 0 atom stereocenters. The Kier molecular flexibility index (Phi) is 3.36. The third kappa shape index (κ3) is 2.16. The molecule has 1 heterocycles. The molecule has 3 aromatic rings. The lowest BCUT2D eigenvalue weighted by molar-refractivity contribution is 0.496. The fraction of sp³-hybridized carbons (Fsp3) is 0. The Labute approximate surface area is 125 Å². The van der Waals surface area contributed by atoms with Gasteiger partial charge in [-0.25, -0.2) is 18.2 Å². The lowest BCUT2D eigenvalue weighted by Gasteiger charge is -2.03. The molecule has 2 aromatic carbocycles. The SMILES string of the molecule is Fc1cc(-c2nc3ccc(Cl)cc3s2)c(F)c(Cl)c1F. The third-order valence-electron chi connectivity index (χ3n) is 2.68. The molecule has 0 spiro atoms. The fourth-order valence-corrected chi connectivity index (χ4v) is 3.19. The van der Waals surface area contributed by atoms with E-state index in [-0.39, 0.29) is 10.6 Å². The summed E-state index contributed by atoms with van der Waals surface area (Å²) in [5.41, 5.74) is 0.417. The summed E-state index contributed by atoms with van der Waals surface area (Å²) in [6.07, 6.45) is 0. The summed E-state index contributed by atoms with van der Waals surface area (Å²) in [6.45, 7) is 0. The number of hydrogen-bond donors (Lipinski definition) is 0. The van der Waals surface area contributed by atoms with E-state index in [9.17, 15) is 13.2 Å². The van der Waals surface area contributed by atoms with Crippen molar-refractivity contribution in [2.45, 2.75) is 0 Å². The number of benzene rings is 2. The largest absolute Gasteiger partial charge is 0.236 e. The van der Waals surface area contributed by atoms with Crippen LogP contribution in [0, 0.1) is 17.5 Å². The number of hydrogen-bond acceptors (Lipinski definition) is 2. The zero-order chi connectivity index (χ0) is 14.4. The van der Waals surface area contributed by atoms with Crippen LogP contribution in [0.2, 0.25) is 10.0 Å². The van der Waals surface area contributed by atoms with E-state index in [1.807, 2.05) is 0 Å². The molecule has 3 rings (SSSR count). The van der Waals surface area contributed by atoms with E-state index in [2.05, 4.69) is 4.98 Å². The predicted molar refractivity (Wildman–Crippen MR) is 75.0 cm³/mol. The summed E-state index contributed by atoms with van der Waals surface area (Å²) in [4.78, 5) is 4.17. The van der Waals surface area contributed by atoms with Gasteiger partial charge in [0.15, 0.2) is 17.5 Å². The van der Waals surface area contributed by atoms with Gasteiger partial charge in [-0.05, 0) is 24.3 Å². The highest BCUT2D eigenvalue weighted by atomic mass is 35.5. The molecule has 102 valence electrons. The normalized spacial score (nSPS) is 11.2. The molecule has 0 aliphatic carbocycles. The molecular weight excluding hydrogens is 330 g/mol. The smallest absolute Gasteiger partial charge is 0.180 e. The average molecular weight is 334 g/mol. The minimum atomic E-state index is -1.41. The molecule has 0 fully saturated rings. The van der Waals surface area contributed by atoms with Crippen molar-refractivity contribution in [3.63, 3.8) is 0 Å². The minimum absolute atomic E-state index is 0.175. The summed E-state index contributed by atoms with van der Waals surface area (Å²) in [5, 5.41) is -0.158. The van der Waals surface area contributed by atoms with Gasteiger partial charge >= 0.3 is 0 Å². The van der Waals surface area contributed by atoms with Crippen LogP contribution in [0.1, 0.15) is 0 Å². The van der Waals surface area contributed by atoms with Gasteiger partial charge in [0.25, 0.3) is 0 Å². The maximum absolute atomic E-state index is 13.9. The molecule has 0 N–H and O–H groups in total. The van der Waals surface area contributed by atoms with Crippen LogP contribution in [0.3, 0.4) is 0 Å². The molecule has 0 saturated carbocycles. The number of fused-ring (bicyclic) bond motifs is 1. The maximum atomic E-state index is 13.9. The Balaban J connectivity index is 2.25. The highest BCUT2D eigenvalue weighted by molar-refractivity contribution is 7.21. The standard InChI is InChI=1S/C13H4Cl2F3NS/c14-5-1-2-8-9(3-5)20-13(19-8)6-4-7(16)12(18)10(15)11(6)17/h1-4H. The van der Waals surface area contributed by atoms with E-state index in [1.165, 1.54) is 0 Å². The van der Waals surface area contributed by atoms with Crippen molar-refractivity contribution >= 4 is 44.8 Å². The van der Waals surface area contributed by atoms with Gasteiger partial charge in [-0.15, -0.1) is 11.3 Å². The first-order chi connectivity index (χ1) is 9.47. The second-order valence-electron chi connectivity index (χ2n) is 3.98. The quantitative estimate of drug-likeness (QED) is 0.412. The van der Waals surface area contributed by atoms with E-state index < -0.39 is 22.5 Å². The van der Waals surface area contributed by atoms with Crippen LogP contribution in [-0.4, -0.2) is 4.98 Å². The van der Waals surface area contributed by atoms with E-state index in [0.29, 0.717) is 15.2 Å². The molecule has 0 saturated heterocycles. The Morgan fingerprint density at radius 1 is 1.00 bits per heavy atom. The first-order valence-corrected chi connectivity index (χ1v) is 6.94. The third-order valence-corrected chi connectivity index (χ3v) is 4.30. The van der Waals surface area contributed by atoms with Crippen molar-refractivity contribution < 1.29 is 13.2 Å².